The van der Waals surface area contributed by atoms with Crippen molar-refractivity contribution >= 4 is 37.1 Å². The lowest BCUT2D eigenvalue weighted by Gasteiger charge is -2.17. The molecule has 6 nitrogen and oxygen atoms in total. The van der Waals surface area contributed by atoms with Crippen molar-refractivity contribution in [2.45, 2.75) is 12.5 Å². The first kappa shape index (κ1) is 17.6. The third-order valence-corrected chi connectivity index (χ3v) is 2.57. The van der Waals surface area contributed by atoms with Gasteiger partial charge in [-0.05, 0) is 12.2 Å². The highest BCUT2D eigenvalue weighted by Gasteiger charge is 2.18. The van der Waals surface area contributed by atoms with E-state index in [-0.39, 0.29) is 18.4 Å². The number of nitrogens with two attached hydrogens (primary N) is 1. The molecule has 0 aliphatic heterocycles. The largest absolute Gasteiger partial charge is 0.353 e. The molecule has 0 saturated carbocycles. The van der Waals surface area contributed by atoms with Crippen molar-refractivity contribution in [2.24, 2.45) is 5.73 Å². The van der Waals surface area contributed by atoms with Crippen LogP contribution in [-0.4, -0.2) is 55.5 Å². The van der Waals surface area contributed by atoms with Crippen LogP contribution in [0.5, 0.6) is 0 Å². The van der Waals surface area contributed by atoms with Crippen molar-refractivity contribution < 1.29 is 9.59 Å². The summed E-state index contributed by atoms with van der Waals surface area (Å²) in [7, 11) is 0. The molecule has 0 fully saturated rings. The van der Waals surface area contributed by atoms with Crippen LogP contribution in [0.4, 0.5) is 0 Å². The molecule has 0 aromatic carbocycles. The first-order valence-corrected chi connectivity index (χ1v) is 7.11. The Kier molecular flexibility index (Phi) is 11.4. The molecule has 8 heteroatoms. The summed E-state index contributed by atoms with van der Waals surface area (Å²) < 4.78 is 0. The Morgan fingerprint density at radius 1 is 1.17 bits per heavy atom. The summed E-state index contributed by atoms with van der Waals surface area (Å²) >= 11 is 8.09. The van der Waals surface area contributed by atoms with Gasteiger partial charge >= 0.3 is 0 Å². The predicted octanol–water partition coefficient (Wildman–Crippen LogP) is -1.61. The van der Waals surface area contributed by atoms with E-state index in [0.717, 1.165) is 0 Å². The van der Waals surface area contributed by atoms with Gasteiger partial charge in [-0.3, -0.25) is 9.59 Å². The van der Waals surface area contributed by atoms with Crippen LogP contribution in [0, 0.1) is 0 Å². The van der Waals surface area contributed by atoms with E-state index in [1.165, 1.54) is 0 Å². The standard InChI is InChI=1S/C10H22N4O2S2/c11-2-3-13-10(16)8(1-5-17)14-9(15)7-12-4-6-18/h8,12,17-18H,1-7,11H2,(H,13,16)(H,14,15)/t8-/m0/s1. The molecule has 5 N–H and O–H groups in total. The van der Waals surface area contributed by atoms with E-state index >= 15 is 0 Å². The van der Waals surface area contributed by atoms with Crippen molar-refractivity contribution in [1.29, 1.82) is 0 Å². The molecule has 0 aliphatic rings. The van der Waals surface area contributed by atoms with Crippen LogP contribution in [0.2, 0.25) is 0 Å². The van der Waals surface area contributed by atoms with Gasteiger partial charge in [0.15, 0.2) is 0 Å². The summed E-state index contributed by atoms with van der Waals surface area (Å²) in [6.07, 6.45) is 0.484. The van der Waals surface area contributed by atoms with Gasteiger partial charge in [0.1, 0.15) is 6.04 Å². The molecule has 0 rings (SSSR count). The van der Waals surface area contributed by atoms with Gasteiger partial charge in [0.25, 0.3) is 0 Å². The van der Waals surface area contributed by atoms with Crippen LogP contribution >= 0.6 is 25.3 Å². The van der Waals surface area contributed by atoms with E-state index in [2.05, 4.69) is 41.2 Å². The summed E-state index contributed by atoms with van der Waals surface area (Å²) in [4.78, 5) is 23.3. The molecule has 106 valence electrons. The second-order valence-electron chi connectivity index (χ2n) is 3.61. The molecule has 0 bridgehead atoms. The highest BCUT2D eigenvalue weighted by molar-refractivity contribution is 7.80. The molecule has 1 atom stereocenters. The molecule has 0 radical (unpaired) electrons. The highest BCUT2D eigenvalue weighted by atomic mass is 32.1. The first-order chi connectivity index (χ1) is 8.65. The van der Waals surface area contributed by atoms with E-state index in [1.54, 1.807) is 0 Å². The number of carbonyl (C=O) groups excluding carboxylic acids is 2. The van der Waals surface area contributed by atoms with E-state index < -0.39 is 6.04 Å². The van der Waals surface area contributed by atoms with E-state index in [1.807, 2.05) is 0 Å². The Morgan fingerprint density at radius 2 is 1.89 bits per heavy atom. The zero-order valence-electron chi connectivity index (χ0n) is 10.3. The quantitative estimate of drug-likeness (QED) is 0.216. The zero-order chi connectivity index (χ0) is 13.8. The lowest BCUT2D eigenvalue weighted by Crippen LogP contribution is -2.50. The topological polar surface area (TPSA) is 96.2 Å². The molecule has 0 aromatic rings. The van der Waals surface area contributed by atoms with E-state index in [9.17, 15) is 9.59 Å². The van der Waals surface area contributed by atoms with Crippen LogP contribution in [-0.2, 0) is 9.59 Å². The lowest BCUT2D eigenvalue weighted by molar-refractivity contribution is -0.128. The number of nitrogens with one attached hydrogen (secondary N) is 3. The normalized spacial score (nSPS) is 11.9. The minimum absolute atomic E-state index is 0.174. The number of rotatable bonds is 10. The lowest BCUT2D eigenvalue weighted by atomic mass is 10.2. The smallest absolute Gasteiger partial charge is 0.242 e. The highest BCUT2D eigenvalue weighted by Crippen LogP contribution is 1.94. The second-order valence-corrected chi connectivity index (χ2v) is 4.51. The van der Waals surface area contributed by atoms with E-state index in [4.69, 9.17) is 5.73 Å². The van der Waals surface area contributed by atoms with Crippen LogP contribution in [0.15, 0.2) is 0 Å². The Morgan fingerprint density at radius 3 is 2.44 bits per heavy atom. The molecule has 0 unspecified atom stereocenters. The van der Waals surface area contributed by atoms with Gasteiger partial charge < -0.3 is 21.7 Å². The Bertz CT molecular complexity index is 254. The molecule has 18 heavy (non-hydrogen) atoms. The van der Waals surface area contributed by atoms with Gasteiger partial charge in [0.2, 0.25) is 11.8 Å². The fraction of sp³-hybridized carbons (Fsp3) is 0.800. The van der Waals surface area contributed by atoms with Crippen molar-refractivity contribution in [3.63, 3.8) is 0 Å². The van der Waals surface area contributed by atoms with E-state index in [0.29, 0.717) is 37.6 Å². The number of thiol groups is 2. The number of hydrogen-bond donors (Lipinski definition) is 6. The molecule has 0 spiro atoms. The molecule has 0 saturated heterocycles. The first-order valence-electron chi connectivity index (χ1n) is 5.85. The monoisotopic (exact) mass is 294 g/mol. The Balaban J connectivity index is 4.08. The summed E-state index contributed by atoms with van der Waals surface area (Å²) in [5, 5.41) is 8.21. The molecule has 0 aromatic heterocycles. The fourth-order valence-corrected chi connectivity index (χ4v) is 1.66. The number of carbonyl (C=O) groups is 2. The summed E-state index contributed by atoms with van der Waals surface area (Å²) in [6, 6.07) is -0.556. The van der Waals surface area contributed by atoms with Crippen LogP contribution < -0.4 is 21.7 Å². The average Bonchev–Trinajstić information content (AvgIpc) is 2.35. The SMILES string of the molecule is NCCNC(=O)[C@H](CCS)NC(=O)CNCCS. The van der Waals surface area contributed by atoms with Crippen LogP contribution in [0.1, 0.15) is 6.42 Å². The third kappa shape index (κ3) is 8.62. The van der Waals surface area contributed by atoms with Crippen molar-refractivity contribution in [2.75, 3.05) is 37.7 Å². The number of amides is 2. The van der Waals surface area contributed by atoms with Gasteiger partial charge in [0, 0.05) is 25.4 Å². The predicted molar refractivity (Wildman–Crippen MR) is 79.2 cm³/mol. The Hall–Kier alpha value is -0.440. The fourth-order valence-electron chi connectivity index (χ4n) is 1.24. The van der Waals surface area contributed by atoms with Gasteiger partial charge in [-0.25, -0.2) is 0 Å². The van der Waals surface area contributed by atoms with Gasteiger partial charge in [-0.15, -0.1) is 0 Å². The molecular weight excluding hydrogens is 272 g/mol. The minimum Gasteiger partial charge on any atom is -0.353 e. The average molecular weight is 294 g/mol. The molecule has 0 heterocycles. The van der Waals surface area contributed by atoms with Crippen molar-refractivity contribution in [1.82, 2.24) is 16.0 Å². The van der Waals surface area contributed by atoms with Crippen LogP contribution in [0.3, 0.4) is 0 Å². The maximum atomic E-state index is 11.7. The van der Waals surface area contributed by atoms with Gasteiger partial charge in [-0.2, -0.15) is 25.3 Å². The van der Waals surface area contributed by atoms with Gasteiger partial charge in [-0.1, -0.05) is 0 Å². The molecule has 2 amide bonds. The van der Waals surface area contributed by atoms with Gasteiger partial charge in [0.05, 0.1) is 6.54 Å². The Labute approximate surface area is 119 Å². The number of hydrogen-bond acceptors (Lipinski definition) is 6. The summed E-state index contributed by atoms with van der Waals surface area (Å²) in [6.45, 7) is 1.59. The minimum atomic E-state index is -0.556. The second kappa shape index (κ2) is 11.6. The zero-order valence-corrected chi connectivity index (χ0v) is 12.1. The van der Waals surface area contributed by atoms with Crippen molar-refractivity contribution in [3.8, 4) is 0 Å². The van der Waals surface area contributed by atoms with Crippen molar-refractivity contribution in [3.05, 3.63) is 0 Å². The summed E-state index contributed by atoms with van der Waals surface area (Å²) in [5.74, 6) is 0.735. The summed E-state index contributed by atoms with van der Waals surface area (Å²) in [5.41, 5.74) is 5.30. The van der Waals surface area contributed by atoms with Crippen LogP contribution in [0.25, 0.3) is 0 Å². The maximum absolute atomic E-state index is 11.7. The third-order valence-electron chi connectivity index (χ3n) is 2.09. The molecule has 0 aliphatic carbocycles. The maximum Gasteiger partial charge on any atom is 0.242 e. The molecular formula is C10H22N4O2S2.